The first-order valence-corrected chi connectivity index (χ1v) is 8.62. The molecule has 3 rings (SSSR count). The summed E-state index contributed by atoms with van der Waals surface area (Å²) in [6.45, 7) is 7.56. The largest absolute Gasteiger partial charge is 0.338 e. The lowest BCUT2D eigenvalue weighted by molar-refractivity contribution is -0.131. The van der Waals surface area contributed by atoms with E-state index in [1.54, 1.807) is 0 Å². The molecule has 1 aromatic rings. The maximum atomic E-state index is 12.6. The van der Waals surface area contributed by atoms with Crippen molar-refractivity contribution in [2.24, 2.45) is 5.92 Å². The van der Waals surface area contributed by atoms with E-state index in [1.165, 1.54) is 49.0 Å². The number of amides is 1. The molecule has 0 radical (unpaired) electrons. The third-order valence-corrected chi connectivity index (χ3v) is 5.23. The van der Waals surface area contributed by atoms with Crippen LogP contribution in [0.4, 0.5) is 0 Å². The van der Waals surface area contributed by atoms with E-state index < -0.39 is 0 Å². The van der Waals surface area contributed by atoms with E-state index >= 15 is 0 Å². The van der Waals surface area contributed by atoms with Crippen LogP contribution in [0.5, 0.6) is 0 Å². The Morgan fingerprint density at radius 2 is 1.68 bits per heavy atom. The number of hydrogen-bond acceptors (Lipinski definition) is 2. The van der Waals surface area contributed by atoms with Crippen LogP contribution in [-0.2, 0) is 4.79 Å². The van der Waals surface area contributed by atoms with E-state index in [0.717, 1.165) is 13.0 Å². The zero-order chi connectivity index (χ0) is 15.7. The van der Waals surface area contributed by atoms with Crippen molar-refractivity contribution in [3.05, 3.63) is 34.9 Å². The Morgan fingerprint density at radius 1 is 1.05 bits per heavy atom. The molecule has 0 aromatic heterocycles. The molecule has 0 saturated carbocycles. The normalized spacial score (nSPS) is 26.7. The van der Waals surface area contributed by atoms with Gasteiger partial charge < -0.3 is 9.80 Å². The SMILES string of the molecule is Cc1cc(C)cc([C@@H]2C[C@H](CN3CCCCC3)C(=O)N2C)c1. The Labute approximate surface area is 134 Å². The standard InChI is InChI=1S/C19H28N2O/c1-14-9-15(2)11-16(10-14)18-12-17(19(22)20(18)3)13-21-7-5-4-6-8-21/h9-11,17-18H,4-8,12-13H2,1-3H3/t17-,18+/m1/s1. The highest BCUT2D eigenvalue weighted by Crippen LogP contribution is 2.36. The quantitative estimate of drug-likeness (QED) is 0.855. The van der Waals surface area contributed by atoms with Gasteiger partial charge in [-0.1, -0.05) is 35.7 Å². The molecular weight excluding hydrogens is 272 g/mol. The van der Waals surface area contributed by atoms with Gasteiger partial charge in [0.05, 0.1) is 12.0 Å². The second-order valence-corrected chi connectivity index (χ2v) is 7.18. The number of nitrogens with zero attached hydrogens (tertiary/aromatic N) is 2. The Bertz CT molecular complexity index is 528. The van der Waals surface area contributed by atoms with Gasteiger partial charge in [0.2, 0.25) is 5.91 Å². The van der Waals surface area contributed by atoms with Gasteiger partial charge in [0.25, 0.3) is 0 Å². The molecule has 2 heterocycles. The van der Waals surface area contributed by atoms with Gasteiger partial charge in [0.1, 0.15) is 0 Å². The van der Waals surface area contributed by atoms with Gasteiger partial charge in [0, 0.05) is 13.6 Å². The van der Waals surface area contributed by atoms with Gasteiger partial charge >= 0.3 is 0 Å². The third kappa shape index (κ3) is 3.19. The minimum atomic E-state index is 0.175. The predicted octanol–water partition coefficient (Wildman–Crippen LogP) is 3.31. The van der Waals surface area contributed by atoms with E-state index in [0.29, 0.717) is 5.91 Å². The Morgan fingerprint density at radius 3 is 2.32 bits per heavy atom. The summed E-state index contributed by atoms with van der Waals surface area (Å²) in [7, 11) is 1.97. The average Bonchev–Trinajstić information content (AvgIpc) is 2.76. The summed E-state index contributed by atoms with van der Waals surface area (Å²) in [6, 6.07) is 6.93. The van der Waals surface area contributed by atoms with Gasteiger partial charge in [-0.15, -0.1) is 0 Å². The third-order valence-electron chi connectivity index (χ3n) is 5.23. The van der Waals surface area contributed by atoms with Gasteiger partial charge in [-0.05, 0) is 51.8 Å². The van der Waals surface area contributed by atoms with Crippen LogP contribution in [0.15, 0.2) is 18.2 Å². The Hall–Kier alpha value is -1.35. The summed E-state index contributed by atoms with van der Waals surface area (Å²) in [4.78, 5) is 17.1. The van der Waals surface area contributed by atoms with Gasteiger partial charge in [0.15, 0.2) is 0 Å². The fourth-order valence-electron chi connectivity index (χ4n) is 4.14. The first kappa shape index (κ1) is 15.5. The molecule has 2 atom stereocenters. The zero-order valence-electron chi connectivity index (χ0n) is 14.1. The number of benzene rings is 1. The van der Waals surface area contributed by atoms with Crippen LogP contribution in [-0.4, -0.2) is 42.4 Å². The first-order valence-electron chi connectivity index (χ1n) is 8.62. The van der Waals surface area contributed by atoms with Crippen LogP contribution in [0.25, 0.3) is 0 Å². The predicted molar refractivity (Wildman–Crippen MR) is 89.8 cm³/mol. The van der Waals surface area contributed by atoms with Crippen molar-refractivity contribution in [2.45, 2.75) is 45.6 Å². The highest BCUT2D eigenvalue weighted by molar-refractivity contribution is 5.81. The van der Waals surface area contributed by atoms with Crippen molar-refractivity contribution in [1.82, 2.24) is 9.80 Å². The second kappa shape index (κ2) is 6.41. The molecule has 0 unspecified atom stereocenters. The molecule has 1 amide bonds. The van der Waals surface area contributed by atoms with E-state index in [4.69, 9.17) is 0 Å². The number of piperidine rings is 1. The van der Waals surface area contributed by atoms with E-state index in [2.05, 4.69) is 36.9 Å². The van der Waals surface area contributed by atoms with Crippen molar-refractivity contribution < 1.29 is 4.79 Å². The molecule has 3 heteroatoms. The number of aryl methyl sites for hydroxylation is 2. The van der Waals surface area contributed by atoms with Crippen molar-refractivity contribution in [3.63, 3.8) is 0 Å². The lowest BCUT2D eigenvalue weighted by Gasteiger charge is -2.28. The zero-order valence-corrected chi connectivity index (χ0v) is 14.1. The number of likely N-dealkylation sites (tertiary alicyclic amines) is 2. The minimum Gasteiger partial charge on any atom is -0.338 e. The van der Waals surface area contributed by atoms with E-state index in [9.17, 15) is 4.79 Å². The van der Waals surface area contributed by atoms with E-state index in [-0.39, 0.29) is 12.0 Å². The molecule has 2 aliphatic heterocycles. The number of carbonyl (C=O) groups is 1. The monoisotopic (exact) mass is 300 g/mol. The molecule has 0 N–H and O–H groups in total. The number of hydrogen-bond donors (Lipinski definition) is 0. The van der Waals surface area contributed by atoms with E-state index in [1.807, 2.05) is 11.9 Å². The van der Waals surface area contributed by atoms with Crippen molar-refractivity contribution >= 4 is 5.91 Å². The Kier molecular flexibility index (Phi) is 4.53. The van der Waals surface area contributed by atoms with Crippen molar-refractivity contribution in [3.8, 4) is 0 Å². The van der Waals surface area contributed by atoms with Gasteiger partial charge in [-0.25, -0.2) is 0 Å². The van der Waals surface area contributed by atoms with Crippen LogP contribution in [0.1, 0.15) is 48.4 Å². The number of carbonyl (C=O) groups excluding carboxylic acids is 1. The maximum absolute atomic E-state index is 12.6. The van der Waals surface area contributed by atoms with Gasteiger partial charge in [-0.3, -0.25) is 4.79 Å². The highest BCUT2D eigenvalue weighted by atomic mass is 16.2. The molecule has 2 saturated heterocycles. The minimum absolute atomic E-state index is 0.175. The number of rotatable bonds is 3. The summed E-state index contributed by atoms with van der Waals surface area (Å²) in [6.07, 6.45) is 4.89. The topological polar surface area (TPSA) is 23.6 Å². The lowest BCUT2D eigenvalue weighted by atomic mass is 9.96. The fraction of sp³-hybridized carbons (Fsp3) is 0.632. The average molecular weight is 300 g/mol. The molecule has 0 aliphatic carbocycles. The second-order valence-electron chi connectivity index (χ2n) is 7.18. The van der Waals surface area contributed by atoms with Crippen molar-refractivity contribution in [2.75, 3.05) is 26.7 Å². The molecular formula is C19H28N2O. The van der Waals surface area contributed by atoms with Crippen LogP contribution in [0.3, 0.4) is 0 Å². The molecule has 3 nitrogen and oxygen atoms in total. The fourth-order valence-corrected chi connectivity index (χ4v) is 4.14. The molecule has 2 fully saturated rings. The lowest BCUT2D eigenvalue weighted by Crippen LogP contribution is -2.36. The van der Waals surface area contributed by atoms with Gasteiger partial charge in [-0.2, -0.15) is 0 Å². The van der Waals surface area contributed by atoms with Crippen molar-refractivity contribution in [1.29, 1.82) is 0 Å². The van der Waals surface area contributed by atoms with Crippen LogP contribution >= 0.6 is 0 Å². The molecule has 0 bridgehead atoms. The van der Waals surface area contributed by atoms with Crippen LogP contribution in [0.2, 0.25) is 0 Å². The Balaban J connectivity index is 1.73. The molecule has 120 valence electrons. The maximum Gasteiger partial charge on any atom is 0.227 e. The highest BCUT2D eigenvalue weighted by Gasteiger charge is 2.38. The molecule has 1 aromatic carbocycles. The molecule has 0 spiro atoms. The van der Waals surface area contributed by atoms with Crippen LogP contribution in [0, 0.1) is 19.8 Å². The first-order chi connectivity index (χ1) is 10.5. The van der Waals surface area contributed by atoms with Crippen LogP contribution < -0.4 is 0 Å². The summed E-state index contributed by atoms with van der Waals surface area (Å²) < 4.78 is 0. The smallest absolute Gasteiger partial charge is 0.227 e. The molecule has 2 aliphatic rings. The summed E-state index contributed by atoms with van der Waals surface area (Å²) in [5.74, 6) is 0.503. The summed E-state index contributed by atoms with van der Waals surface area (Å²) in [5.41, 5.74) is 3.88. The summed E-state index contributed by atoms with van der Waals surface area (Å²) >= 11 is 0. The summed E-state index contributed by atoms with van der Waals surface area (Å²) in [5, 5.41) is 0. The molecule has 22 heavy (non-hydrogen) atoms.